The highest BCUT2D eigenvalue weighted by atomic mass is 15.1. The van der Waals surface area contributed by atoms with E-state index in [9.17, 15) is 0 Å². The molecule has 0 aliphatic carbocycles. The number of nitrogens with zero attached hydrogens (tertiary/aromatic N) is 2. The molecule has 2 aromatic heterocycles. The van der Waals surface area contributed by atoms with Gasteiger partial charge in [0.1, 0.15) is 11.5 Å². The van der Waals surface area contributed by atoms with Crippen molar-refractivity contribution in [3.63, 3.8) is 0 Å². The van der Waals surface area contributed by atoms with E-state index in [-0.39, 0.29) is 5.84 Å². The molecule has 0 fully saturated rings. The van der Waals surface area contributed by atoms with Gasteiger partial charge >= 0.3 is 0 Å². The molecule has 6 nitrogen and oxygen atoms in total. The quantitative estimate of drug-likeness (QED) is 0.412. The first-order valence-electron chi connectivity index (χ1n) is 8.06. The SMILES string of the molecule is CC(C)CCNc1cncc(-c2ccc3[nH]nc(C(=N)N)c3c2)c1. The number of amidine groups is 1. The predicted octanol–water partition coefficient (Wildman–Crippen LogP) is 3.37. The standard InChI is InChI=1S/C18H22N6/c1-11(2)5-6-22-14-7-13(9-21-10-14)12-3-4-16-15(8-12)17(18(19)20)24-23-16/h3-4,7-11,22H,5-6H2,1-2H3,(H3,19,20)(H,23,24). The molecule has 6 heteroatoms. The molecule has 0 bridgehead atoms. The predicted molar refractivity (Wildman–Crippen MR) is 98.3 cm³/mol. The summed E-state index contributed by atoms with van der Waals surface area (Å²) in [5.74, 6) is 0.628. The van der Waals surface area contributed by atoms with Crippen LogP contribution in [0.3, 0.4) is 0 Å². The minimum Gasteiger partial charge on any atom is -0.384 e. The summed E-state index contributed by atoms with van der Waals surface area (Å²) in [6.07, 6.45) is 4.79. The number of nitrogen functional groups attached to an aromatic ring is 1. The van der Waals surface area contributed by atoms with Gasteiger partial charge in [-0.25, -0.2) is 0 Å². The van der Waals surface area contributed by atoms with E-state index < -0.39 is 0 Å². The van der Waals surface area contributed by atoms with Gasteiger partial charge in [-0.05, 0) is 36.1 Å². The van der Waals surface area contributed by atoms with E-state index in [0.29, 0.717) is 11.6 Å². The fourth-order valence-electron chi connectivity index (χ4n) is 2.60. The second kappa shape index (κ2) is 6.70. The molecule has 24 heavy (non-hydrogen) atoms. The fourth-order valence-corrected chi connectivity index (χ4v) is 2.60. The van der Waals surface area contributed by atoms with Crippen molar-refractivity contribution in [2.75, 3.05) is 11.9 Å². The molecular formula is C18H22N6. The summed E-state index contributed by atoms with van der Waals surface area (Å²) in [6.45, 7) is 5.35. The van der Waals surface area contributed by atoms with Crippen LogP contribution < -0.4 is 11.1 Å². The normalized spacial score (nSPS) is 11.1. The fraction of sp³-hybridized carbons (Fsp3) is 0.278. The number of pyridine rings is 1. The van der Waals surface area contributed by atoms with E-state index in [4.69, 9.17) is 11.1 Å². The lowest BCUT2D eigenvalue weighted by molar-refractivity contribution is 0.607. The molecule has 3 aromatic rings. The lowest BCUT2D eigenvalue weighted by Gasteiger charge is -2.09. The number of hydrogen-bond acceptors (Lipinski definition) is 4. The molecule has 0 unspecified atom stereocenters. The van der Waals surface area contributed by atoms with Gasteiger partial charge in [0.05, 0.1) is 11.2 Å². The van der Waals surface area contributed by atoms with Crippen molar-refractivity contribution >= 4 is 22.4 Å². The van der Waals surface area contributed by atoms with Crippen LogP contribution in [0.25, 0.3) is 22.0 Å². The smallest absolute Gasteiger partial charge is 0.144 e. The van der Waals surface area contributed by atoms with Crippen LogP contribution in [0.2, 0.25) is 0 Å². The molecule has 0 amide bonds. The molecule has 0 spiro atoms. The Kier molecular flexibility index (Phi) is 4.46. The summed E-state index contributed by atoms with van der Waals surface area (Å²) in [7, 11) is 0. The Morgan fingerprint density at radius 3 is 2.83 bits per heavy atom. The third kappa shape index (κ3) is 3.37. The zero-order valence-electron chi connectivity index (χ0n) is 13.9. The van der Waals surface area contributed by atoms with Crippen LogP contribution >= 0.6 is 0 Å². The van der Waals surface area contributed by atoms with Gasteiger partial charge in [-0.1, -0.05) is 19.9 Å². The second-order valence-corrected chi connectivity index (χ2v) is 6.32. The lowest BCUT2D eigenvalue weighted by atomic mass is 10.0. The number of nitrogens with two attached hydrogens (primary N) is 1. The van der Waals surface area contributed by atoms with Gasteiger partial charge < -0.3 is 11.1 Å². The van der Waals surface area contributed by atoms with Crippen molar-refractivity contribution in [3.05, 3.63) is 42.4 Å². The molecule has 2 heterocycles. The summed E-state index contributed by atoms with van der Waals surface area (Å²) in [5, 5.41) is 18.9. The van der Waals surface area contributed by atoms with Crippen molar-refractivity contribution in [1.29, 1.82) is 5.41 Å². The minimum absolute atomic E-state index is 0.0411. The van der Waals surface area contributed by atoms with Crippen LogP contribution in [0.4, 0.5) is 5.69 Å². The Bertz CT molecular complexity index is 865. The maximum atomic E-state index is 7.63. The average molecular weight is 322 g/mol. The van der Waals surface area contributed by atoms with Crippen molar-refractivity contribution in [2.45, 2.75) is 20.3 Å². The number of rotatable bonds is 6. The van der Waals surface area contributed by atoms with Crippen molar-refractivity contribution in [3.8, 4) is 11.1 Å². The summed E-state index contributed by atoms with van der Waals surface area (Å²) in [5.41, 5.74) is 9.98. The summed E-state index contributed by atoms with van der Waals surface area (Å²) < 4.78 is 0. The molecule has 124 valence electrons. The Morgan fingerprint density at radius 2 is 2.08 bits per heavy atom. The first-order valence-corrected chi connectivity index (χ1v) is 8.06. The van der Waals surface area contributed by atoms with Crippen LogP contribution in [-0.4, -0.2) is 27.6 Å². The molecular weight excluding hydrogens is 300 g/mol. The first-order chi connectivity index (χ1) is 11.5. The molecule has 0 aliphatic rings. The van der Waals surface area contributed by atoms with Crippen LogP contribution in [-0.2, 0) is 0 Å². The highest BCUT2D eigenvalue weighted by Gasteiger charge is 2.10. The average Bonchev–Trinajstić information content (AvgIpc) is 2.98. The summed E-state index contributed by atoms with van der Waals surface area (Å²) in [4.78, 5) is 4.33. The van der Waals surface area contributed by atoms with Gasteiger partial charge in [-0.15, -0.1) is 0 Å². The Balaban J connectivity index is 1.89. The van der Waals surface area contributed by atoms with Crippen molar-refractivity contribution in [1.82, 2.24) is 15.2 Å². The zero-order chi connectivity index (χ0) is 17.1. The Morgan fingerprint density at radius 1 is 1.25 bits per heavy atom. The third-order valence-electron chi connectivity index (χ3n) is 3.94. The summed E-state index contributed by atoms with van der Waals surface area (Å²) in [6, 6.07) is 8.04. The number of aromatic nitrogens is 3. The van der Waals surface area contributed by atoms with E-state index >= 15 is 0 Å². The maximum absolute atomic E-state index is 7.63. The van der Waals surface area contributed by atoms with Crippen molar-refractivity contribution in [2.24, 2.45) is 11.7 Å². The van der Waals surface area contributed by atoms with Gasteiger partial charge in [0.15, 0.2) is 0 Å². The molecule has 1 aromatic carbocycles. The van der Waals surface area contributed by atoms with Crippen LogP contribution in [0.15, 0.2) is 36.7 Å². The van der Waals surface area contributed by atoms with E-state index in [1.54, 1.807) is 0 Å². The number of hydrogen-bond donors (Lipinski definition) is 4. The highest BCUT2D eigenvalue weighted by molar-refractivity contribution is 6.06. The Hall–Kier alpha value is -2.89. The van der Waals surface area contributed by atoms with Gasteiger partial charge in [-0.3, -0.25) is 15.5 Å². The topological polar surface area (TPSA) is 103 Å². The molecule has 5 N–H and O–H groups in total. The molecule has 0 atom stereocenters. The molecule has 3 rings (SSSR count). The van der Waals surface area contributed by atoms with E-state index in [0.717, 1.165) is 40.7 Å². The monoisotopic (exact) mass is 322 g/mol. The van der Waals surface area contributed by atoms with Crippen molar-refractivity contribution < 1.29 is 0 Å². The second-order valence-electron chi connectivity index (χ2n) is 6.32. The van der Waals surface area contributed by atoms with Crippen LogP contribution in [0.1, 0.15) is 26.0 Å². The highest BCUT2D eigenvalue weighted by Crippen LogP contribution is 2.26. The van der Waals surface area contributed by atoms with E-state index in [1.807, 2.05) is 30.6 Å². The van der Waals surface area contributed by atoms with Gasteiger partial charge in [0, 0.05) is 29.9 Å². The number of aromatic amines is 1. The lowest BCUT2D eigenvalue weighted by Crippen LogP contribution is -2.11. The van der Waals surface area contributed by atoms with Gasteiger partial charge in [0.25, 0.3) is 0 Å². The van der Waals surface area contributed by atoms with E-state index in [2.05, 4.69) is 40.4 Å². The molecule has 0 radical (unpaired) electrons. The Labute approximate surface area is 141 Å². The third-order valence-corrected chi connectivity index (χ3v) is 3.94. The maximum Gasteiger partial charge on any atom is 0.144 e. The number of anilines is 1. The number of fused-ring (bicyclic) bond motifs is 1. The summed E-state index contributed by atoms with van der Waals surface area (Å²) >= 11 is 0. The zero-order valence-corrected chi connectivity index (χ0v) is 13.9. The van der Waals surface area contributed by atoms with Crippen LogP contribution in [0, 0.1) is 11.3 Å². The number of benzene rings is 1. The first kappa shape index (κ1) is 16.0. The largest absolute Gasteiger partial charge is 0.384 e. The molecule has 0 aliphatic heterocycles. The van der Waals surface area contributed by atoms with Crippen LogP contribution in [0.5, 0.6) is 0 Å². The number of nitrogens with one attached hydrogen (secondary N) is 3. The number of H-pyrrole nitrogens is 1. The minimum atomic E-state index is -0.0411. The molecule has 0 saturated carbocycles. The van der Waals surface area contributed by atoms with Gasteiger partial charge in [0.2, 0.25) is 0 Å². The molecule has 0 saturated heterocycles. The van der Waals surface area contributed by atoms with E-state index in [1.165, 1.54) is 0 Å². The van der Waals surface area contributed by atoms with Gasteiger partial charge in [-0.2, -0.15) is 5.10 Å².